The zero-order valence-corrected chi connectivity index (χ0v) is 11.9. The maximum absolute atomic E-state index is 13.3. The van der Waals surface area contributed by atoms with Gasteiger partial charge in [0, 0.05) is 23.6 Å². The molecule has 0 saturated carbocycles. The summed E-state index contributed by atoms with van der Waals surface area (Å²) in [7, 11) is 1.73. The third kappa shape index (κ3) is 2.29. The van der Waals surface area contributed by atoms with Gasteiger partial charge in [-0.2, -0.15) is 0 Å². The van der Waals surface area contributed by atoms with Crippen molar-refractivity contribution in [3.8, 4) is 0 Å². The van der Waals surface area contributed by atoms with Gasteiger partial charge in [0.1, 0.15) is 11.5 Å². The first-order valence-corrected chi connectivity index (χ1v) is 6.69. The molecule has 0 aliphatic rings. The Labute approximate surface area is 122 Å². The van der Waals surface area contributed by atoms with E-state index < -0.39 is 0 Å². The van der Waals surface area contributed by atoms with Crippen molar-refractivity contribution in [2.24, 2.45) is 0 Å². The van der Waals surface area contributed by atoms with Crippen LogP contribution in [0.3, 0.4) is 0 Å². The van der Waals surface area contributed by atoms with Gasteiger partial charge in [0.15, 0.2) is 0 Å². The van der Waals surface area contributed by atoms with Gasteiger partial charge in [-0.3, -0.25) is 4.79 Å². The average Bonchev–Trinajstić information content (AvgIpc) is 2.83. The fraction of sp³-hybridized carbons (Fsp3) is 0.118. The summed E-state index contributed by atoms with van der Waals surface area (Å²) in [6, 6.07) is 13.9. The molecule has 3 aromatic rings. The molecule has 0 saturated heterocycles. The van der Waals surface area contributed by atoms with Crippen LogP contribution >= 0.6 is 0 Å². The summed E-state index contributed by atoms with van der Waals surface area (Å²) in [5.41, 5.74) is 2.77. The van der Waals surface area contributed by atoms with Gasteiger partial charge >= 0.3 is 0 Å². The van der Waals surface area contributed by atoms with E-state index in [0.29, 0.717) is 11.2 Å². The number of fused-ring (bicyclic) bond motifs is 1. The first-order valence-electron chi connectivity index (χ1n) is 6.69. The number of aryl methyl sites for hydroxylation is 1. The molecule has 3 nitrogen and oxygen atoms in total. The fourth-order valence-corrected chi connectivity index (χ4v) is 2.46. The number of anilines is 1. The van der Waals surface area contributed by atoms with Gasteiger partial charge in [-0.05, 0) is 42.8 Å². The molecule has 1 aromatic heterocycles. The summed E-state index contributed by atoms with van der Waals surface area (Å²) in [6.07, 6.45) is 0. The molecule has 0 fully saturated rings. The van der Waals surface area contributed by atoms with E-state index in [1.165, 1.54) is 12.1 Å². The highest BCUT2D eigenvalue weighted by molar-refractivity contribution is 6.08. The van der Waals surface area contributed by atoms with Gasteiger partial charge in [-0.1, -0.05) is 18.2 Å². The van der Waals surface area contributed by atoms with Crippen LogP contribution in [0.25, 0.3) is 10.9 Å². The maximum atomic E-state index is 13.3. The Morgan fingerprint density at radius 3 is 2.57 bits per heavy atom. The molecule has 1 N–H and O–H groups in total. The molecule has 0 unspecified atom stereocenters. The van der Waals surface area contributed by atoms with E-state index in [2.05, 4.69) is 4.98 Å². The second kappa shape index (κ2) is 5.05. The number of benzene rings is 2. The topological polar surface area (TPSA) is 36.1 Å². The van der Waals surface area contributed by atoms with Crippen LogP contribution in [0.15, 0.2) is 48.5 Å². The van der Waals surface area contributed by atoms with Crippen molar-refractivity contribution in [3.05, 3.63) is 65.6 Å². The average molecular weight is 282 g/mol. The minimum atomic E-state index is -0.320. The van der Waals surface area contributed by atoms with E-state index in [9.17, 15) is 9.18 Å². The molecule has 21 heavy (non-hydrogen) atoms. The molecule has 0 atom stereocenters. The summed E-state index contributed by atoms with van der Waals surface area (Å²) >= 11 is 0. The highest BCUT2D eigenvalue weighted by Crippen LogP contribution is 2.24. The Kier molecular flexibility index (Phi) is 3.22. The molecule has 0 aliphatic heterocycles. The van der Waals surface area contributed by atoms with Crippen molar-refractivity contribution in [3.63, 3.8) is 0 Å². The lowest BCUT2D eigenvalue weighted by molar-refractivity contribution is 0.0988. The third-order valence-electron chi connectivity index (χ3n) is 3.68. The monoisotopic (exact) mass is 282 g/mol. The van der Waals surface area contributed by atoms with E-state index in [4.69, 9.17) is 0 Å². The molecular formula is C17H15FN2O. The summed E-state index contributed by atoms with van der Waals surface area (Å²) < 4.78 is 13.3. The number of H-pyrrole nitrogens is 1. The summed E-state index contributed by atoms with van der Waals surface area (Å²) in [6.45, 7) is 1.86. The molecule has 1 heterocycles. The number of nitrogens with zero attached hydrogens (tertiary/aromatic N) is 1. The fourth-order valence-electron chi connectivity index (χ4n) is 2.46. The van der Waals surface area contributed by atoms with E-state index >= 15 is 0 Å². The summed E-state index contributed by atoms with van der Waals surface area (Å²) in [4.78, 5) is 17.2. The molecule has 0 bridgehead atoms. The van der Waals surface area contributed by atoms with Crippen molar-refractivity contribution in [1.29, 1.82) is 0 Å². The molecule has 2 aromatic carbocycles. The lowest BCUT2D eigenvalue weighted by Crippen LogP contribution is -2.27. The van der Waals surface area contributed by atoms with Gasteiger partial charge in [0.2, 0.25) is 0 Å². The van der Waals surface area contributed by atoms with Crippen molar-refractivity contribution < 1.29 is 9.18 Å². The van der Waals surface area contributed by atoms with Crippen molar-refractivity contribution in [2.45, 2.75) is 6.92 Å². The molecule has 3 rings (SSSR count). The van der Waals surface area contributed by atoms with Gasteiger partial charge < -0.3 is 9.88 Å². The predicted octanol–water partition coefficient (Wildman–Crippen LogP) is 3.89. The van der Waals surface area contributed by atoms with Crippen LogP contribution in [0, 0.1) is 12.7 Å². The standard InChI is InChI=1S/C17H15FN2O/c1-11-14-9-8-12(18)10-15(14)19-16(11)17(21)20(2)13-6-4-3-5-7-13/h3-10,19H,1-2H3. The minimum absolute atomic E-state index is 0.143. The normalized spacial score (nSPS) is 10.8. The minimum Gasteiger partial charge on any atom is -0.350 e. The number of hydrogen-bond donors (Lipinski definition) is 1. The second-order valence-corrected chi connectivity index (χ2v) is 5.01. The molecular weight excluding hydrogens is 267 g/mol. The van der Waals surface area contributed by atoms with Crippen molar-refractivity contribution >= 4 is 22.5 Å². The largest absolute Gasteiger partial charge is 0.350 e. The van der Waals surface area contributed by atoms with Crippen LogP contribution in [0.1, 0.15) is 16.1 Å². The molecule has 4 heteroatoms. The smallest absolute Gasteiger partial charge is 0.274 e. The second-order valence-electron chi connectivity index (χ2n) is 5.01. The lowest BCUT2D eigenvalue weighted by Gasteiger charge is -2.16. The number of carbonyl (C=O) groups excluding carboxylic acids is 1. The Morgan fingerprint density at radius 1 is 1.14 bits per heavy atom. The number of hydrogen-bond acceptors (Lipinski definition) is 1. The Bertz CT molecular complexity index is 808. The number of aromatic nitrogens is 1. The van der Waals surface area contributed by atoms with Crippen LogP contribution in [0.4, 0.5) is 10.1 Å². The van der Waals surface area contributed by atoms with Crippen molar-refractivity contribution in [1.82, 2.24) is 4.98 Å². The summed E-state index contributed by atoms with van der Waals surface area (Å²) in [5.74, 6) is -0.463. The van der Waals surface area contributed by atoms with Crippen LogP contribution in [-0.4, -0.2) is 17.9 Å². The predicted molar refractivity (Wildman–Crippen MR) is 82.2 cm³/mol. The number of carbonyl (C=O) groups is 1. The Balaban J connectivity index is 2.04. The lowest BCUT2D eigenvalue weighted by atomic mass is 10.1. The molecule has 0 radical (unpaired) electrons. The third-order valence-corrected chi connectivity index (χ3v) is 3.68. The number of halogens is 1. The van der Waals surface area contributed by atoms with E-state index in [1.54, 1.807) is 18.0 Å². The SMILES string of the molecule is Cc1c(C(=O)N(C)c2ccccc2)[nH]c2cc(F)ccc12. The zero-order chi connectivity index (χ0) is 15.0. The number of aromatic amines is 1. The Morgan fingerprint density at radius 2 is 1.86 bits per heavy atom. The van der Waals surface area contributed by atoms with Crippen LogP contribution < -0.4 is 4.90 Å². The van der Waals surface area contributed by atoms with Gasteiger partial charge in [-0.25, -0.2) is 4.39 Å². The highest BCUT2D eigenvalue weighted by atomic mass is 19.1. The number of nitrogens with one attached hydrogen (secondary N) is 1. The molecule has 106 valence electrons. The quantitative estimate of drug-likeness (QED) is 0.760. The first-order chi connectivity index (χ1) is 10.1. The van der Waals surface area contributed by atoms with Gasteiger partial charge in [0.25, 0.3) is 5.91 Å². The number of para-hydroxylation sites is 1. The summed E-state index contributed by atoms with van der Waals surface area (Å²) in [5, 5.41) is 0.862. The zero-order valence-electron chi connectivity index (χ0n) is 11.9. The van der Waals surface area contributed by atoms with E-state index in [-0.39, 0.29) is 11.7 Å². The molecule has 1 amide bonds. The van der Waals surface area contributed by atoms with E-state index in [0.717, 1.165) is 16.6 Å². The van der Waals surface area contributed by atoms with Crippen molar-refractivity contribution in [2.75, 3.05) is 11.9 Å². The van der Waals surface area contributed by atoms with Gasteiger partial charge in [0.05, 0.1) is 0 Å². The van der Waals surface area contributed by atoms with E-state index in [1.807, 2.05) is 37.3 Å². The number of rotatable bonds is 2. The molecule has 0 aliphatic carbocycles. The van der Waals surface area contributed by atoms with Crippen LogP contribution in [0.2, 0.25) is 0 Å². The highest BCUT2D eigenvalue weighted by Gasteiger charge is 2.19. The molecule has 0 spiro atoms. The van der Waals surface area contributed by atoms with Crippen LogP contribution in [-0.2, 0) is 0 Å². The number of amides is 1. The Hall–Kier alpha value is -2.62. The maximum Gasteiger partial charge on any atom is 0.274 e. The van der Waals surface area contributed by atoms with Gasteiger partial charge in [-0.15, -0.1) is 0 Å². The first kappa shape index (κ1) is 13.4. The van der Waals surface area contributed by atoms with Crippen LogP contribution in [0.5, 0.6) is 0 Å².